The van der Waals surface area contributed by atoms with E-state index in [1.165, 1.54) is 42.5 Å². The van der Waals surface area contributed by atoms with Crippen molar-refractivity contribution in [3.63, 3.8) is 0 Å². The van der Waals surface area contributed by atoms with Gasteiger partial charge in [0.15, 0.2) is 0 Å². The number of phosphoric ester groups is 1. The molecule has 6 N–H and O–H groups in total. The van der Waals surface area contributed by atoms with Gasteiger partial charge in [0.25, 0.3) is 0 Å². The Morgan fingerprint density at radius 1 is 1.14 bits per heavy atom. The number of carboxylic acid groups (broad SMARTS) is 1. The molecule has 0 saturated carbocycles. The number of phosphoric acid groups is 1. The minimum atomic E-state index is -4.29. The van der Waals surface area contributed by atoms with Gasteiger partial charge in [0.1, 0.15) is 36.4 Å². The smallest absolute Gasteiger partial charge is 0.506 e. The second-order valence-electron chi connectivity index (χ2n) is 8.79. The van der Waals surface area contributed by atoms with Crippen LogP contribution in [0, 0.1) is 0 Å². The van der Waals surface area contributed by atoms with Crippen molar-refractivity contribution in [1.82, 2.24) is 5.32 Å². The maximum absolute atomic E-state index is 12.1. The number of rotatable bonds is 13. The minimum absolute atomic E-state index is 0.0404. The number of phenols is 1. The Hall–Kier alpha value is -3.35. The lowest BCUT2D eigenvalue weighted by molar-refractivity contribution is -0.870. The summed E-state index contributed by atoms with van der Waals surface area (Å²) in [5.41, 5.74) is 6.13. The molecule has 0 bridgehead atoms. The average Bonchev–Trinajstić information content (AvgIpc) is 2.78. The van der Waals surface area contributed by atoms with Crippen molar-refractivity contribution in [2.75, 3.05) is 40.8 Å². The van der Waals surface area contributed by atoms with Crippen LogP contribution < -0.4 is 15.6 Å². The predicted octanol–water partition coefficient (Wildman–Crippen LogP) is 2.08. The molecule has 2 aromatic rings. The van der Waals surface area contributed by atoms with Crippen LogP contribution in [0.1, 0.15) is 5.56 Å². The molecular weight excluding hydrogens is 493 g/mol. The fraction of sp³-hybridized carbons (Fsp3) is 0.364. The zero-order valence-electron chi connectivity index (χ0n) is 20.2. The molecule has 0 heterocycles. The standard InChI is InChI=1S/C22H30N5O8P/c1-27(2,3)10-11-34-36(32,33)35-17-7-5-16(6-8-17)25-26-18-12-15(4-9-20(18)28)13-19(22(30)31)24-21(29)14-23/h4-9,12,19H,10-11,13-14,23H2,1-3H3,(H3-,24,25,28,29,30,31,32,33)/p+1/t19-/m0/s1. The zero-order valence-corrected chi connectivity index (χ0v) is 21.1. The summed E-state index contributed by atoms with van der Waals surface area (Å²) in [5, 5.41) is 29.7. The fourth-order valence-corrected chi connectivity index (χ4v) is 3.49. The minimum Gasteiger partial charge on any atom is -0.506 e. The number of azo groups is 1. The Kier molecular flexibility index (Phi) is 10.1. The monoisotopic (exact) mass is 524 g/mol. The molecule has 1 amide bonds. The molecule has 0 aliphatic carbocycles. The van der Waals surface area contributed by atoms with Gasteiger partial charge in [0, 0.05) is 6.42 Å². The summed E-state index contributed by atoms with van der Waals surface area (Å²) in [6.07, 6.45) is -0.0615. The van der Waals surface area contributed by atoms with Crippen LogP contribution in [0.2, 0.25) is 0 Å². The molecule has 0 spiro atoms. The molecule has 0 aliphatic rings. The average molecular weight is 524 g/mol. The SMILES string of the molecule is C[N+](C)(C)CCOP(=O)(O)Oc1ccc(N=Nc2cc(C[C@H](NC(=O)CN)C(=O)O)ccc2O)cc1. The van der Waals surface area contributed by atoms with Gasteiger partial charge in [-0.15, -0.1) is 5.11 Å². The number of carbonyl (C=O) groups excluding carboxylic acids is 1. The zero-order chi connectivity index (χ0) is 26.9. The highest BCUT2D eigenvalue weighted by molar-refractivity contribution is 7.47. The highest BCUT2D eigenvalue weighted by Gasteiger charge is 2.24. The molecule has 196 valence electrons. The molecule has 0 saturated heterocycles. The molecule has 13 nitrogen and oxygen atoms in total. The third kappa shape index (κ3) is 10.1. The first-order valence-electron chi connectivity index (χ1n) is 10.8. The Morgan fingerprint density at radius 2 is 1.81 bits per heavy atom. The van der Waals surface area contributed by atoms with Crippen LogP contribution in [0.3, 0.4) is 0 Å². The number of amides is 1. The summed E-state index contributed by atoms with van der Waals surface area (Å²) in [5.74, 6) is -1.94. The number of likely N-dealkylation sites (N-methyl/N-ethyl adjacent to an activating group) is 1. The lowest BCUT2D eigenvalue weighted by Gasteiger charge is -2.24. The molecule has 0 aromatic heterocycles. The van der Waals surface area contributed by atoms with E-state index in [0.29, 0.717) is 22.3 Å². The van der Waals surface area contributed by atoms with Gasteiger partial charge in [0.05, 0.1) is 33.4 Å². The Bertz CT molecular complexity index is 1130. The fourth-order valence-electron chi connectivity index (χ4n) is 2.74. The van der Waals surface area contributed by atoms with E-state index in [1.807, 2.05) is 21.1 Å². The molecule has 0 radical (unpaired) electrons. The van der Waals surface area contributed by atoms with E-state index < -0.39 is 25.7 Å². The third-order valence-electron chi connectivity index (χ3n) is 4.65. The van der Waals surface area contributed by atoms with E-state index in [4.69, 9.17) is 14.8 Å². The van der Waals surface area contributed by atoms with E-state index in [2.05, 4.69) is 15.5 Å². The maximum atomic E-state index is 12.1. The molecule has 0 aliphatic heterocycles. The van der Waals surface area contributed by atoms with Gasteiger partial charge in [-0.25, -0.2) is 9.36 Å². The number of carboxylic acids is 1. The van der Waals surface area contributed by atoms with Crippen molar-refractivity contribution in [2.45, 2.75) is 12.5 Å². The number of nitrogens with zero attached hydrogens (tertiary/aromatic N) is 3. The molecule has 2 rings (SSSR count). The van der Waals surface area contributed by atoms with Crippen LogP contribution in [-0.2, 0) is 25.1 Å². The lowest BCUT2D eigenvalue weighted by Crippen LogP contribution is -2.44. The number of benzene rings is 2. The molecular formula is C22H31N5O8P+. The lowest BCUT2D eigenvalue weighted by atomic mass is 10.0. The Morgan fingerprint density at radius 3 is 2.39 bits per heavy atom. The van der Waals surface area contributed by atoms with Crippen molar-refractivity contribution < 1.29 is 42.8 Å². The van der Waals surface area contributed by atoms with E-state index >= 15 is 0 Å². The van der Waals surface area contributed by atoms with Crippen LogP contribution in [0.15, 0.2) is 52.7 Å². The van der Waals surface area contributed by atoms with Gasteiger partial charge in [0.2, 0.25) is 5.91 Å². The summed E-state index contributed by atoms with van der Waals surface area (Å²) in [6, 6.07) is 8.85. The largest absolute Gasteiger partial charge is 0.527 e. The van der Waals surface area contributed by atoms with Crippen LogP contribution >= 0.6 is 7.82 Å². The molecule has 14 heteroatoms. The number of carbonyl (C=O) groups is 2. The number of nitrogens with two attached hydrogens (primary N) is 1. The van der Waals surface area contributed by atoms with Gasteiger partial charge in [-0.2, -0.15) is 5.11 Å². The van der Waals surface area contributed by atoms with Gasteiger partial charge >= 0.3 is 13.8 Å². The number of hydrogen-bond acceptors (Lipinski definition) is 9. The summed E-state index contributed by atoms with van der Waals surface area (Å²) in [6.45, 7) is 0.210. The first kappa shape index (κ1) is 28.9. The molecule has 0 fully saturated rings. The van der Waals surface area contributed by atoms with Crippen molar-refractivity contribution in [3.8, 4) is 11.5 Å². The molecule has 2 aromatic carbocycles. The number of nitrogens with one attached hydrogen (secondary N) is 1. The Balaban J connectivity index is 2.05. The predicted molar refractivity (Wildman–Crippen MR) is 130 cm³/mol. The number of phenolic OH excluding ortho intramolecular Hbond substituents is 1. The highest BCUT2D eigenvalue weighted by atomic mass is 31.2. The topological polar surface area (TPSA) is 193 Å². The molecule has 36 heavy (non-hydrogen) atoms. The van der Waals surface area contributed by atoms with Crippen LogP contribution in [0.5, 0.6) is 11.5 Å². The van der Waals surface area contributed by atoms with Crippen molar-refractivity contribution >= 4 is 31.1 Å². The van der Waals surface area contributed by atoms with Crippen LogP contribution in [0.25, 0.3) is 0 Å². The summed E-state index contributed by atoms with van der Waals surface area (Å²) in [7, 11) is 1.47. The summed E-state index contributed by atoms with van der Waals surface area (Å²) in [4.78, 5) is 32.8. The third-order valence-corrected chi connectivity index (χ3v) is 5.60. The highest BCUT2D eigenvalue weighted by Crippen LogP contribution is 2.44. The van der Waals surface area contributed by atoms with Crippen LogP contribution in [0.4, 0.5) is 11.4 Å². The van der Waals surface area contributed by atoms with E-state index in [0.717, 1.165) is 0 Å². The van der Waals surface area contributed by atoms with Crippen molar-refractivity contribution in [1.29, 1.82) is 0 Å². The maximum Gasteiger partial charge on any atom is 0.527 e. The number of aliphatic carboxylic acids is 1. The first-order chi connectivity index (χ1) is 16.8. The van der Waals surface area contributed by atoms with E-state index in [1.54, 1.807) is 0 Å². The second kappa shape index (κ2) is 12.6. The van der Waals surface area contributed by atoms with Crippen molar-refractivity contribution in [3.05, 3.63) is 48.0 Å². The molecule has 1 unspecified atom stereocenters. The normalized spacial score (nSPS) is 14.2. The van der Waals surface area contributed by atoms with Gasteiger partial charge in [-0.1, -0.05) is 6.07 Å². The van der Waals surface area contributed by atoms with Gasteiger partial charge in [-0.3, -0.25) is 14.2 Å². The summed E-state index contributed by atoms with van der Waals surface area (Å²) < 4.78 is 22.7. The van der Waals surface area contributed by atoms with E-state index in [-0.39, 0.29) is 36.8 Å². The van der Waals surface area contributed by atoms with Crippen LogP contribution in [-0.4, -0.2) is 78.3 Å². The first-order valence-corrected chi connectivity index (χ1v) is 12.3. The number of hydrogen-bond donors (Lipinski definition) is 5. The molecule has 2 atom stereocenters. The van der Waals surface area contributed by atoms with Gasteiger partial charge < -0.3 is 30.3 Å². The number of aromatic hydroxyl groups is 1. The second-order valence-corrected chi connectivity index (χ2v) is 10.2. The quantitative estimate of drug-likeness (QED) is 0.148. The summed E-state index contributed by atoms with van der Waals surface area (Å²) >= 11 is 0. The Labute approximate surface area is 208 Å². The van der Waals surface area contributed by atoms with Gasteiger partial charge in [-0.05, 0) is 42.0 Å². The number of quaternary nitrogens is 1. The van der Waals surface area contributed by atoms with E-state index in [9.17, 15) is 29.3 Å². The van der Waals surface area contributed by atoms with Crippen molar-refractivity contribution in [2.24, 2.45) is 16.0 Å².